The van der Waals surface area contributed by atoms with E-state index in [0.29, 0.717) is 17.0 Å². The van der Waals surface area contributed by atoms with E-state index in [1.165, 1.54) is 60.9 Å². The van der Waals surface area contributed by atoms with Crippen LogP contribution >= 0.6 is 31.6 Å². The van der Waals surface area contributed by atoms with Crippen LogP contribution in [0.4, 0.5) is 13.2 Å². The maximum absolute atomic E-state index is 13.1. The van der Waals surface area contributed by atoms with Crippen molar-refractivity contribution in [2.75, 3.05) is 7.11 Å². The van der Waals surface area contributed by atoms with Gasteiger partial charge in [-0.1, -0.05) is 0 Å². The minimum absolute atomic E-state index is 0.107. The molecule has 172 valence electrons. The molecule has 0 radical (unpaired) electrons. The van der Waals surface area contributed by atoms with Crippen LogP contribution in [0.15, 0.2) is 47.8 Å². The molecule has 3 rings (SSSR count). The molecule has 0 aliphatic heterocycles. The number of halogens is 4. The first-order valence-corrected chi connectivity index (χ1v) is 14.2. The van der Waals surface area contributed by atoms with Gasteiger partial charge in [0.15, 0.2) is 0 Å². The number of rotatable bonds is 5. The topological polar surface area (TPSA) is 89.3 Å². The summed E-state index contributed by atoms with van der Waals surface area (Å²) in [5, 5.41) is 12.0. The van der Waals surface area contributed by atoms with Crippen molar-refractivity contribution in [2.45, 2.75) is 12.4 Å². The summed E-state index contributed by atoms with van der Waals surface area (Å²) in [5.74, 6) is 6.09. The Balaban J connectivity index is 2.12. The van der Waals surface area contributed by atoms with Crippen molar-refractivity contribution in [3.05, 3.63) is 76.8 Å². The summed E-state index contributed by atoms with van der Waals surface area (Å²) < 4.78 is 73.2. The second kappa shape index (κ2) is 10.1. The third kappa shape index (κ3) is 6.23. The van der Waals surface area contributed by atoms with Crippen LogP contribution < -0.4 is 4.74 Å². The molecule has 0 bridgehead atoms. The number of nitriles is 1. The molecule has 12 heteroatoms. The van der Waals surface area contributed by atoms with Gasteiger partial charge in [0.05, 0.1) is 0 Å². The molecule has 0 amide bonds. The Morgan fingerprint density at radius 3 is 2.27 bits per heavy atom. The van der Waals surface area contributed by atoms with Crippen molar-refractivity contribution in [1.29, 1.82) is 5.26 Å². The predicted molar refractivity (Wildman–Crippen MR) is 124 cm³/mol. The molecule has 6 nitrogen and oxygen atoms in total. The van der Waals surface area contributed by atoms with E-state index in [1.807, 2.05) is 13.0 Å². The average molecular weight is 606 g/mol. The predicted octanol–water partition coefficient (Wildman–Crippen LogP) is 5.06. The molecule has 1 heterocycles. The first kappa shape index (κ1) is 25.0. The van der Waals surface area contributed by atoms with Crippen LogP contribution in [0.2, 0.25) is 0 Å². The molecule has 0 unspecified atom stereocenters. The number of hydrogen-bond acceptors (Lipinski definition) is 7. The van der Waals surface area contributed by atoms with Crippen LogP contribution in [0, 0.1) is 37.2 Å². The Kier molecular flexibility index (Phi) is 7.64. The average Bonchev–Trinajstić information content (AvgIpc) is 3.20. The van der Waals surface area contributed by atoms with E-state index in [4.69, 9.17) is 7.25 Å². The van der Waals surface area contributed by atoms with Gasteiger partial charge < -0.3 is 0 Å². The Bertz CT molecular complexity index is 1370. The van der Waals surface area contributed by atoms with Gasteiger partial charge in [0, 0.05) is 0 Å². The van der Waals surface area contributed by atoms with Gasteiger partial charge in [0.1, 0.15) is 0 Å². The third-order valence-electron chi connectivity index (χ3n) is 3.86. The molecule has 1 aromatic heterocycles. The summed E-state index contributed by atoms with van der Waals surface area (Å²) in [6.45, 7) is 1.81. The molecule has 0 aliphatic rings. The third-order valence-corrected chi connectivity index (χ3v) is 11.6. The van der Waals surface area contributed by atoms with E-state index >= 15 is 0 Å². The summed E-state index contributed by atoms with van der Waals surface area (Å²) in [6.07, 6.45) is 0. The Labute approximate surface area is 200 Å². The standard InChI is InChI=1S/C21H14F3IN2O4S2/c1-14-27-19(13-32-14)6-3-15-9-16(12-26)11-18(10-15)25(31-33(28,29)21(22,23)24)17-4-7-20(30-2)8-5-17/h4-5,7-11,13H,1-2H3. The molecule has 0 saturated heterocycles. The zero-order chi connectivity index (χ0) is 24.2. The molecule has 0 saturated carbocycles. The summed E-state index contributed by atoms with van der Waals surface area (Å²) in [5.41, 5.74) is -4.66. The van der Waals surface area contributed by atoms with E-state index in [1.54, 1.807) is 5.38 Å². The number of thiazole rings is 1. The quantitative estimate of drug-likeness (QED) is 0.229. The number of nitrogens with zero attached hydrogens (tertiary/aromatic N) is 2. The first-order valence-electron chi connectivity index (χ1n) is 8.87. The van der Waals surface area contributed by atoms with Crippen molar-refractivity contribution in [2.24, 2.45) is 0 Å². The number of alkyl halides is 3. The second-order valence-electron chi connectivity index (χ2n) is 6.21. The van der Waals surface area contributed by atoms with Gasteiger partial charge >= 0.3 is 201 Å². The SMILES string of the molecule is COc1ccc(I(OS(=O)(=O)C(F)(F)F)c2cc(C#N)cc(C#Cc3csc(C)n3)c2)cc1. The van der Waals surface area contributed by atoms with Gasteiger partial charge in [-0.25, -0.2) is 0 Å². The van der Waals surface area contributed by atoms with Crippen molar-refractivity contribution in [3.8, 4) is 23.7 Å². The van der Waals surface area contributed by atoms with Gasteiger partial charge in [-0.2, -0.15) is 0 Å². The van der Waals surface area contributed by atoms with Crippen LogP contribution in [-0.4, -0.2) is 26.0 Å². The van der Waals surface area contributed by atoms with Gasteiger partial charge in [0.25, 0.3) is 0 Å². The molecule has 0 atom stereocenters. The molecule has 33 heavy (non-hydrogen) atoms. The molecule has 0 spiro atoms. The van der Waals surface area contributed by atoms with Gasteiger partial charge in [-0.15, -0.1) is 0 Å². The van der Waals surface area contributed by atoms with E-state index in [-0.39, 0.29) is 12.7 Å². The van der Waals surface area contributed by atoms with Crippen LogP contribution in [0.3, 0.4) is 0 Å². The van der Waals surface area contributed by atoms with Crippen molar-refractivity contribution >= 4 is 41.7 Å². The number of ether oxygens (including phenoxy) is 1. The molecular formula is C21H14F3IN2O4S2. The Morgan fingerprint density at radius 2 is 1.73 bits per heavy atom. The minimum atomic E-state index is -5.88. The van der Waals surface area contributed by atoms with E-state index in [2.05, 4.69) is 16.8 Å². The van der Waals surface area contributed by atoms with Crippen LogP contribution in [0.5, 0.6) is 5.75 Å². The van der Waals surface area contributed by atoms with Crippen molar-refractivity contribution in [1.82, 2.24) is 4.98 Å². The second-order valence-corrected chi connectivity index (χ2v) is 13.8. The molecule has 2 aromatic carbocycles. The normalized spacial score (nSPS) is 11.8. The number of aryl methyl sites for hydroxylation is 1. The first-order chi connectivity index (χ1) is 15.5. The fourth-order valence-electron chi connectivity index (χ4n) is 2.38. The summed E-state index contributed by atoms with van der Waals surface area (Å²) >= 11 is -2.29. The van der Waals surface area contributed by atoms with Gasteiger partial charge in [-0.05, 0) is 0 Å². The maximum atomic E-state index is 13.1. The monoisotopic (exact) mass is 606 g/mol. The van der Waals surface area contributed by atoms with Crippen LogP contribution in [0.1, 0.15) is 21.8 Å². The molecule has 0 fully saturated rings. The summed E-state index contributed by atoms with van der Waals surface area (Å²) in [4.78, 5) is 4.21. The number of hydrogen-bond donors (Lipinski definition) is 0. The van der Waals surface area contributed by atoms with Gasteiger partial charge in [0.2, 0.25) is 0 Å². The number of aromatic nitrogens is 1. The fraction of sp³-hybridized carbons (Fsp3) is 0.143. The molecule has 0 N–H and O–H groups in total. The van der Waals surface area contributed by atoms with E-state index < -0.39 is 35.9 Å². The zero-order valence-corrected chi connectivity index (χ0v) is 20.8. The number of benzene rings is 2. The zero-order valence-electron chi connectivity index (χ0n) is 17.0. The van der Waals surface area contributed by atoms with Crippen LogP contribution in [-0.2, 0) is 12.6 Å². The summed E-state index contributed by atoms with van der Waals surface area (Å²) in [7, 11) is -4.47. The Morgan fingerprint density at radius 1 is 1.06 bits per heavy atom. The fourth-order valence-corrected chi connectivity index (χ4v) is 9.56. The van der Waals surface area contributed by atoms with E-state index in [9.17, 15) is 26.9 Å². The Hall–Kier alpha value is -2.65. The van der Waals surface area contributed by atoms with E-state index in [0.717, 1.165) is 5.01 Å². The molecule has 0 aliphatic carbocycles. The summed E-state index contributed by atoms with van der Waals surface area (Å²) in [6, 6.07) is 12.0. The van der Waals surface area contributed by atoms with Crippen LogP contribution in [0.25, 0.3) is 0 Å². The van der Waals surface area contributed by atoms with Crippen molar-refractivity contribution < 1.29 is 28.8 Å². The van der Waals surface area contributed by atoms with Gasteiger partial charge in [-0.3, -0.25) is 0 Å². The molecule has 3 aromatic rings. The van der Waals surface area contributed by atoms with Crippen molar-refractivity contribution in [3.63, 3.8) is 0 Å². The number of methoxy groups -OCH3 is 1. The molecular weight excluding hydrogens is 592 g/mol.